The van der Waals surface area contributed by atoms with E-state index in [1.54, 1.807) is 7.11 Å². The summed E-state index contributed by atoms with van der Waals surface area (Å²) in [6.45, 7) is 7.92. The Morgan fingerprint density at radius 3 is 2.57 bits per heavy atom. The van der Waals surface area contributed by atoms with Crippen molar-refractivity contribution in [2.24, 2.45) is 10.7 Å². The van der Waals surface area contributed by atoms with Gasteiger partial charge in [-0.1, -0.05) is 38.1 Å². The minimum atomic E-state index is 0. The first-order valence-corrected chi connectivity index (χ1v) is 10.0. The summed E-state index contributed by atoms with van der Waals surface area (Å²) >= 11 is 0. The number of nitrogens with zero attached hydrogens (tertiary/aromatic N) is 2. The number of nitrogens with one attached hydrogen (secondary N) is 1. The van der Waals surface area contributed by atoms with Crippen LogP contribution in [0.15, 0.2) is 53.5 Å². The summed E-state index contributed by atoms with van der Waals surface area (Å²) in [4.78, 5) is 6.63. The molecule has 0 amide bonds. The molecule has 0 aliphatic rings. The zero-order chi connectivity index (χ0) is 21.1. The predicted octanol–water partition coefficient (Wildman–Crippen LogP) is 4.31. The van der Waals surface area contributed by atoms with Crippen molar-refractivity contribution in [1.82, 2.24) is 4.90 Å². The zero-order valence-corrected chi connectivity index (χ0v) is 20.8. The number of hydrogen-bond donors (Lipinski definition) is 2. The van der Waals surface area contributed by atoms with Crippen LogP contribution in [-0.2, 0) is 11.3 Å². The monoisotopic (exact) mass is 526 g/mol. The summed E-state index contributed by atoms with van der Waals surface area (Å²) in [5.74, 6) is 1.71. The SMILES string of the molecule is COCCN(C)CCOc1cccc(CN=C(N)Nc2cccc(C(C)C)c2)c1.I. The summed E-state index contributed by atoms with van der Waals surface area (Å²) < 4.78 is 10.9. The van der Waals surface area contributed by atoms with Crippen molar-refractivity contribution < 1.29 is 9.47 Å². The van der Waals surface area contributed by atoms with Crippen LogP contribution in [0.2, 0.25) is 0 Å². The Labute approximate surface area is 197 Å². The van der Waals surface area contributed by atoms with Crippen LogP contribution in [0.5, 0.6) is 5.75 Å². The van der Waals surface area contributed by atoms with Crippen LogP contribution in [0.3, 0.4) is 0 Å². The van der Waals surface area contributed by atoms with Crippen molar-refractivity contribution in [3.05, 3.63) is 59.7 Å². The number of nitrogens with two attached hydrogens (primary N) is 1. The third kappa shape index (κ3) is 9.77. The van der Waals surface area contributed by atoms with E-state index < -0.39 is 0 Å². The second-order valence-electron chi connectivity index (χ2n) is 7.40. The Balaban J connectivity index is 0.00000450. The van der Waals surface area contributed by atoms with Gasteiger partial charge in [0, 0.05) is 25.9 Å². The maximum absolute atomic E-state index is 6.06. The first-order valence-electron chi connectivity index (χ1n) is 10.0. The Morgan fingerprint density at radius 2 is 1.83 bits per heavy atom. The topological polar surface area (TPSA) is 72.1 Å². The van der Waals surface area contributed by atoms with E-state index in [0.717, 1.165) is 36.7 Å². The normalized spacial score (nSPS) is 11.5. The van der Waals surface area contributed by atoms with E-state index in [2.05, 4.69) is 48.2 Å². The minimum Gasteiger partial charge on any atom is -0.492 e. The molecule has 0 aromatic heterocycles. The first-order chi connectivity index (χ1) is 14.0. The molecule has 0 radical (unpaired) electrons. The fraction of sp³-hybridized carbons (Fsp3) is 0.435. The number of halogens is 1. The van der Waals surface area contributed by atoms with E-state index in [1.807, 2.05) is 36.4 Å². The van der Waals surface area contributed by atoms with Gasteiger partial charge in [-0.05, 0) is 48.4 Å². The third-order valence-corrected chi connectivity index (χ3v) is 4.57. The van der Waals surface area contributed by atoms with Gasteiger partial charge in [-0.2, -0.15) is 0 Å². The van der Waals surface area contributed by atoms with Gasteiger partial charge in [0.2, 0.25) is 0 Å². The van der Waals surface area contributed by atoms with Gasteiger partial charge >= 0.3 is 0 Å². The van der Waals surface area contributed by atoms with Crippen LogP contribution < -0.4 is 15.8 Å². The van der Waals surface area contributed by atoms with Crippen molar-refractivity contribution in [1.29, 1.82) is 0 Å². The molecule has 2 rings (SSSR count). The van der Waals surface area contributed by atoms with Crippen LogP contribution in [0.25, 0.3) is 0 Å². The van der Waals surface area contributed by atoms with Gasteiger partial charge in [0.1, 0.15) is 12.4 Å². The van der Waals surface area contributed by atoms with Crippen molar-refractivity contribution >= 4 is 35.6 Å². The maximum Gasteiger partial charge on any atom is 0.193 e. The van der Waals surface area contributed by atoms with E-state index in [9.17, 15) is 0 Å². The van der Waals surface area contributed by atoms with Crippen LogP contribution in [-0.4, -0.2) is 51.3 Å². The maximum atomic E-state index is 6.06. The van der Waals surface area contributed by atoms with E-state index in [4.69, 9.17) is 15.2 Å². The average Bonchev–Trinajstić information content (AvgIpc) is 2.71. The summed E-state index contributed by atoms with van der Waals surface area (Å²) in [6.07, 6.45) is 0. The molecule has 0 bridgehead atoms. The highest BCUT2D eigenvalue weighted by molar-refractivity contribution is 14.0. The highest BCUT2D eigenvalue weighted by atomic mass is 127. The summed E-state index contributed by atoms with van der Waals surface area (Å²) in [5, 5.41) is 3.17. The van der Waals surface area contributed by atoms with Gasteiger partial charge in [-0.3, -0.25) is 0 Å². The number of ether oxygens (including phenoxy) is 2. The Hall–Kier alpha value is -1.84. The van der Waals surface area contributed by atoms with Crippen molar-refractivity contribution in [3.8, 4) is 5.75 Å². The molecule has 6 nitrogen and oxygen atoms in total. The lowest BCUT2D eigenvalue weighted by atomic mass is 10.0. The fourth-order valence-corrected chi connectivity index (χ4v) is 2.75. The zero-order valence-electron chi connectivity index (χ0n) is 18.4. The van der Waals surface area contributed by atoms with Crippen molar-refractivity contribution in [2.45, 2.75) is 26.3 Å². The Morgan fingerprint density at radius 1 is 1.10 bits per heavy atom. The summed E-state index contributed by atoms with van der Waals surface area (Å²) in [6, 6.07) is 16.2. The molecule has 0 heterocycles. The molecule has 3 N–H and O–H groups in total. The largest absolute Gasteiger partial charge is 0.492 e. The molecule has 166 valence electrons. The molecule has 0 spiro atoms. The first kappa shape index (κ1) is 26.2. The van der Waals surface area contributed by atoms with E-state index >= 15 is 0 Å². The molecule has 2 aromatic rings. The average molecular weight is 526 g/mol. The molecule has 0 saturated heterocycles. The Kier molecular flexibility index (Phi) is 12.4. The van der Waals surface area contributed by atoms with Crippen molar-refractivity contribution in [2.75, 3.05) is 45.8 Å². The molecule has 2 aromatic carbocycles. The molecule has 0 aliphatic carbocycles. The van der Waals surface area contributed by atoms with E-state index in [1.165, 1.54) is 5.56 Å². The van der Waals surface area contributed by atoms with Gasteiger partial charge in [-0.15, -0.1) is 24.0 Å². The lowest BCUT2D eigenvalue weighted by Crippen LogP contribution is -2.27. The molecule has 0 saturated carbocycles. The van der Waals surface area contributed by atoms with Gasteiger partial charge in [-0.25, -0.2) is 4.99 Å². The van der Waals surface area contributed by atoms with Gasteiger partial charge < -0.3 is 25.4 Å². The van der Waals surface area contributed by atoms with Gasteiger partial charge in [0.25, 0.3) is 0 Å². The molecular weight excluding hydrogens is 491 g/mol. The molecule has 0 atom stereocenters. The molecule has 30 heavy (non-hydrogen) atoms. The molecule has 7 heteroatoms. The van der Waals surface area contributed by atoms with E-state index in [-0.39, 0.29) is 24.0 Å². The van der Waals surface area contributed by atoms with Gasteiger partial charge in [0.05, 0.1) is 13.2 Å². The molecular formula is C23H35IN4O2. The minimum absolute atomic E-state index is 0. The number of methoxy groups -OCH3 is 1. The van der Waals surface area contributed by atoms with Gasteiger partial charge in [0.15, 0.2) is 5.96 Å². The number of rotatable bonds is 11. The second kappa shape index (κ2) is 14.2. The standard InChI is InChI=1S/C23H34N4O2.HI/c1-18(2)20-8-6-9-21(16-20)26-23(24)25-17-19-7-5-10-22(15-19)29-14-12-27(3)11-13-28-4;/h5-10,15-16,18H,11-14,17H2,1-4H3,(H3,24,25,26);1H. The summed E-state index contributed by atoms with van der Waals surface area (Å²) in [5.41, 5.74) is 9.33. The molecule has 0 fully saturated rings. The highest BCUT2D eigenvalue weighted by Gasteiger charge is 2.03. The van der Waals surface area contributed by atoms with Crippen LogP contribution >= 0.6 is 24.0 Å². The third-order valence-electron chi connectivity index (χ3n) is 4.57. The number of hydrogen-bond acceptors (Lipinski definition) is 4. The highest BCUT2D eigenvalue weighted by Crippen LogP contribution is 2.18. The van der Waals surface area contributed by atoms with Crippen LogP contribution in [0, 0.1) is 0 Å². The fourth-order valence-electron chi connectivity index (χ4n) is 2.75. The number of anilines is 1. The second-order valence-corrected chi connectivity index (χ2v) is 7.40. The number of likely N-dealkylation sites (N-methyl/N-ethyl adjacent to an activating group) is 1. The summed E-state index contributed by atoms with van der Waals surface area (Å²) in [7, 11) is 3.77. The quantitative estimate of drug-likeness (QED) is 0.260. The predicted molar refractivity (Wildman–Crippen MR) is 136 cm³/mol. The lowest BCUT2D eigenvalue weighted by Gasteiger charge is -2.16. The van der Waals surface area contributed by atoms with Crippen molar-refractivity contribution in [3.63, 3.8) is 0 Å². The smallest absolute Gasteiger partial charge is 0.193 e. The molecule has 0 aliphatic heterocycles. The Bertz CT molecular complexity index is 783. The number of benzene rings is 2. The number of guanidine groups is 1. The number of aliphatic imine (C=N–C) groups is 1. The molecule has 0 unspecified atom stereocenters. The van der Waals surface area contributed by atoms with Crippen LogP contribution in [0.4, 0.5) is 5.69 Å². The lowest BCUT2D eigenvalue weighted by molar-refractivity contribution is 0.150. The van der Waals surface area contributed by atoms with E-state index in [0.29, 0.717) is 25.0 Å². The van der Waals surface area contributed by atoms with Crippen LogP contribution in [0.1, 0.15) is 30.9 Å².